The Morgan fingerprint density at radius 2 is 1.02 bits per heavy atom. The summed E-state index contributed by atoms with van der Waals surface area (Å²) < 4.78 is 14.0. The Labute approximate surface area is 299 Å². The number of carbonyl (C=O) groups is 2. The average molecular weight is 783 g/mol. The van der Waals surface area contributed by atoms with E-state index >= 15 is 0 Å². The summed E-state index contributed by atoms with van der Waals surface area (Å²) in [5.41, 5.74) is 6.48. The second kappa shape index (κ2) is 15.7. The van der Waals surface area contributed by atoms with Crippen LogP contribution in [0.15, 0.2) is 81.7 Å². The molecule has 0 unspecified atom stereocenters. The van der Waals surface area contributed by atoms with Crippen molar-refractivity contribution in [3.05, 3.63) is 115 Å². The van der Waals surface area contributed by atoms with Gasteiger partial charge < -0.3 is 19.7 Å². The molecule has 4 N–H and O–H groups in total. The molecular formula is C38H42Br2N2O6. The molecule has 4 aromatic rings. The van der Waals surface area contributed by atoms with Crippen molar-refractivity contribution in [3.63, 3.8) is 0 Å². The van der Waals surface area contributed by atoms with Crippen molar-refractivity contribution in [2.45, 2.75) is 78.9 Å². The highest BCUT2D eigenvalue weighted by atomic mass is 79.9. The fourth-order valence-electron chi connectivity index (χ4n) is 4.91. The summed E-state index contributed by atoms with van der Waals surface area (Å²) in [7, 11) is 0. The molecule has 0 aliphatic rings. The summed E-state index contributed by atoms with van der Waals surface area (Å²) in [5.74, 6) is -0.397. The second-order valence-corrected chi connectivity index (χ2v) is 14.6. The normalized spacial score (nSPS) is 11.8. The third-order valence-electron chi connectivity index (χ3n) is 8.48. The van der Waals surface area contributed by atoms with Crippen LogP contribution in [-0.2, 0) is 35.9 Å². The van der Waals surface area contributed by atoms with Crippen LogP contribution in [-0.4, -0.2) is 33.2 Å². The number of halogens is 2. The number of ether oxygens (including phenoxy) is 2. The lowest BCUT2D eigenvalue weighted by molar-refractivity contribution is -0.144. The van der Waals surface area contributed by atoms with Gasteiger partial charge in [0, 0.05) is 13.1 Å². The summed E-state index contributed by atoms with van der Waals surface area (Å²) >= 11 is 7.22. The zero-order chi connectivity index (χ0) is 35.2. The van der Waals surface area contributed by atoms with Gasteiger partial charge in [0.15, 0.2) is 0 Å². The molecule has 0 atom stereocenters. The van der Waals surface area contributed by atoms with Gasteiger partial charge in [0.2, 0.25) is 0 Å². The van der Waals surface area contributed by atoms with E-state index in [0.717, 1.165) is 53.5 Å². The number of rotatable bonds is 15. The maximum absolute atomic E-state index is 11.4. The highest BCUT2D eigenvalue weighted by Crippen LogP contribution is 2.33. The van der Waals surface area contributed by atoms with E-state index in [2.05, 4.69) is 80.6 Å². The van der Waals surface area contributed by atoms with Crippen molar-refractivity contribution in [2.75, 3.05) is 0 Å². The highest BCUT2D eigenvalue weighted by Gasteiger charge is 2.27. The summed E-state index contributed by atoms with van der Waals surface area (Å²) in [6, 6.07) is 24.0. The van der Waals surface area contributed by atoms with Crippen LogP contribution in [0.5, 0.6) is 11.5 Å². The summed E-state index contributed by atoms with van der Waals surface area (Å²) in [6.45, 7) is 12.4. The second-order valence-electron chi connectivity index (χ2n) is 12.9. The van der Waals surface area contributed by atoms with E-state index in [1.165, 1.54) is 0 Å². The fraction of sp³-hybridized carbons (Fsp3) is 0.316. The molecule has 0 aromatic heterocycles. The molecule has 0 fully saturated rings. The molecule has 0 spiro atoms. The van der Waals surface area contributed by atoms with Gasteiger partial charge in [0.05, 0.1) is 8.95 Å². The SMILES string of the molecule is Cc1c(COc2ccc(CNC(C)(C)C(=O)O)cc2Br)cccc1-c1cccc(COc2ccc(CNC(C)(C)C(=O)O)cc2Br)c1C. The first-order valence-electron chi connectivity index (χ1n) is 15.6. The molecule has 0 saturated carbocycles. The molecule has 0 heterocycles. The lowest BCUT2D eigenvalue weighted by atomic mass is 9.92. The van der Waals surface area contributed by atoms with Crippen LogP contribution in [0, 0.1) is 13.8 Å². The molecule has 0 radical (unpaired) electrons. The molecule has 0 saturated heterocycles. The van der Waals surface area contributed by atoms with Crippen molar-refractivity contribution in [3.8, 4) is 22.6 Å². The summed E-state index contributed by atoms with van der Waals surface area (Å²) in [6.07, 6.45) is 0. The summed E-state index contributed by atoms with van der Waals surface area (Å²) in [4.78, 5) is 22.8. The minimum absolute atomic E-state index is 0.386. The molecule has 8 nitrogen and oxygen atoms in total. The van der Waals surface area contributed by atoms with E-state index in [1.807, 2.05) is 48.5 Å². The number of carboxylic acids is 2. The van der Waals surface area contributed by atoms with Crippen molar-refractivity contribution in [1.82, 2.24) is 10.6 Å². The molecule has 0 amide bonds. The number of hydrogen-bond donors (Lipinski definition) is 4. The van der Waals surface area contributed by atoms with E-state index < -0.39 is 23.0 Å². The van der Waals surface area contributed by atoms with E-state index in [-0.39, 0.29) is 0 Å². The van der Waals surface area contributed by atoms with Gasteiger partial charge in [-0.15, -0.1) is 0 Å². The van der Waals surface area contributed by atoms with Gasteiger partial charge in [-0.05, 0) is 142 Å². The molecule has 0 bridgehead atoms. The Kier molecular flexibility index (Phi) is 12.1. The van der Waals surface area contributed by atoms with E-state index in [9.17, 15) is 19.8 Å². The van der Waals surface area contributed by atoms with Crippen molar-refractivity contribution in [1.29, 1.82) is 0 Å². The van der Waals surface area contributed by atoms with Gasteiger partial charge in [0.25, 0.3) is 0 Å². The van der Waals surface area contributed by atoms with Crippen LogP contribution in [0.1, 0.15) is 61.1 Å². The van der Waals surface area contributed by atoms with Crippen LogP contribution in [0.3, 0.4) is 0 Å². The molecular weight excluding hydrogens is 740 g/mol. The van der Waals surface area contributed by atoms with Crippen molar-refractivity contribution < 1.29 is 29.3 Å². The molecule has 0 aliphatic heterocycles. The predicted molar refractivity (Wildman–Crippen MR) is 195 cm³/mol. The predicted octanol–water partition coefficient (Wildman–Crippen LogP) is 8.56. The maximum atomic E-state index is 11.4. The molecule has 0 aliphatic carbocycles. The number of benzene rings is 4. The van der Waals surface area contributed by atoms with Crippen LogP contribution >= 0.6 is 31.9 Å². The molecule has 4 rings (SSSR count). The molecule has 10 heteroatoms. The maximum Gasteiger partial charge on any atom is 0.323 e. The van der Waals surface area contributed by atoms with Crippen molar-refractivity contribution >= 4 is 43.8 Å². The first-order valence-corrected chi connectivity index (χ1v) is 17.1. The van der Waals surface area contributed by atoms with Crippen LogP contribution < -0.4 is 20.1 Å². The Morgan fingerprint density at radius 1 is 0.646 bits per heavy atom. The number of carboxylic acid groups (broad SMARTS) is 2. The van der Waals surface area contributed by atoms with Gasteiger partial charge in [-0.25, -0.2) is 0 Å². The first kappa shape index (κ1) is 37.1. The smallest absolute Gasteiger partial charge is 0.323 e. The van der Waals surface area contributed by atoms with Crippen LogP contribution in [0.4, 0.5) is 0 Å². The standard InChI is InChI=1S/C38H42Br2N2O6/c1-23-27(21-47-33-15-13-25(17-31(33)39)19-41-37(3,4)35(43)44)9-7-11-29(23)30-12-8-10-28(24(30)2)22-48-34-16-14-26(18-32(34)40)20-42-38(5,6)36(45)46/h7-18,41-42H,19-22H2,1-6H3,(H,43,44)(H,45,46). The third kappa shape index (κ3) is 9.25. The quantitative estimate of drug-likeness (QED) is 0.0949. The lowest BCUT2D eigenvalue weighted by Gasteiger charge is -2.21. The van der Waals surface area contributed by atoms with Crippen molar-refractivity contribution in [2.24, 2.45) is 0 Å². The van der Waals surface area contributed by atoms with E-state index in [1.54, 1.807) is 27.7 Å². The van der Waals surface area contributed by atoms with Gasteiger partial charge in [-0.3, -0.25) is 20.2 Å². The van der Waals surface area contributed by atoms with Gasteiger partial charge in [0.1, 0.15) is 35.8 Å². The molecule has 254 valence electrons. The third-order valence-corrected chi connectivity index (χ3v) is 9.72. The number of hydrogen-bond acceptors (Lipinski definition) is 6. The Bertz CT molecular complexity index is 1670. The van der Waals surface area contributed by atoms with Gasteiger partial charge in [-0.2, -0.15) is 0 Å². The zero-order valence-electron chi connectivity index (χ0n) is 28.0. The topological polar surface area (TPSA) is 117 Å². The van der Waals surface area contributed by atoms with Gasteiger partial charge >= 0.3 is 11.9 Å². The number of aliphatic carboxylic acids is 2. The lowest BCUT2D eigenvalue weighted by Crippen LogP contribution is -2.46. The first-order chi connectivity index (χ1) is 22.6. The summed E-state index contributed by atoms with van der Waals surface area (Å²) in [5, 5.41) is 24.8. The minimum atomic E-state index is -1.03. The largest absolute Gasteiger partial charge is 0.488 e. The minimum Gasteiger partial charge on any atom is -0.488 e. The Hall–Kier alpha value is -3.70. The number of nitrogens with one attached hydrogen (secondary N) is 2. The fourth-order valence-corrected chi connectivity index (χ4v) is 6.00. The Morgan fingerprint density at radius 3 is 1.35 bits per heavy atom. The van der Waals surface area contributed by atoms with E-state index in [4.69, 9.17) is 9.47 Å². The zero-order valence-corrected chi connectivity index (χ0v) is 31.2. The Balaban J connectivity index is 1.42. The monoisotopic (exact) mass is 780 g/mol. The molecule has 48 heavy (non-hydrogen) atoms. The van der Waals surface area contributed by atoms with Gasteiger partial charge in [-0.1, -0.05) is 48.5 Å². The van der Waals surface area contributed by atoms with Crippen LogP contribution in [0.2, 0.25) is 0 Å². The highest BCUT2D eigenvalue weighted by molar-refractivity contribution is 9.10. The van der Waals surface area contributed by atoms with E-state index in [0.29, 0.717) is 37.8 Å². The molecule has 4 aromatic carbocycles. The van der Waals surface area contributed by atoms with Crippen LogP contribution in [0.25, 0.3) is 11.1 Å². The average Bonchev–Trinajstić information content (AvgIpc) is 3.03.